The van der Waals surface area contributed by atoms with Gasteiger partial charge in [0.05, 0.1) is 0 Å². The van der Waals surface area contributed by atoms with Crippen LogP contribution in [0.25, 0.3) is 0 Å². The van der Waals surface area contributed by atoms with Crippen molar-refractivity contribution in [2.24, 2.45) is 11.3 Å². The average molecular weight is 257 g/mol. The quantitative estimate of drug-likeness (QED) is 0.805. The van der Waals surface area contributed by atoms with Crippen molar-refractivity contribution in [1.29, 1.82) is 0 Å². The van der Waals surface area contributed by atoms with Crippen LogP contribution in [0.3, 0.4) is 0 Å². The van der Waals surface area contributed by atoms with Gasteiger partial charge in [-0.25, -0.2) is 0 Å². The monoisotopic (exact) mass is 257 g/mol. The van der Waals surface area contributed by atoms with Crippen LogP contribution < -0.4 is 5.32 Å². The van der Waals surface area contributed by atoms with Crippen LogP contribution in [0.5, 0.6) is 0 Å². The van der Waals surface area contributed by atoms with Crippen LogP contribution in [0.15, 0.2) is 0 Å². The molecule has 0 spiro atoms. The van der Waals surface area contributed by atoms with E-state index in [0.29, 0.717) is 10.2 Å². The Bertz CT molecular complexity index is 230. The largest absolute Gasteiger partial charge is 0.312 e. The van der Waals surface area contributed by atoms with Crippen LogP contribution in [-0.4, -0.2) is 23.6 Å². The minimum Gasteiger partial charge on any atom is -0.312 e. The first-order valence-electron chi connectivity index (χ1n) is 7.05. The molecule has 1 rings (SSSR count). The zero-order chi connectivity index (χ0) is 13.1. The van der Waals surface area contributed by atoms with E-state index in [2.05, 4.69) is 46.2 Å². The highest BCUT2D eigenvalue weighted by atomic mass is 32.2. The Morgan fingerprint density at radius 1 is 1.06 bits per heavy atom. The number of hydrogen-bond acceptors (Lipinski definition) is 2. The number of thioether (sulfide) groups is 1. The van der Waals surface area contributed by atoms with Crippen molar-refractivity contribution in [3.63, 3.8) is 0 Å². The van der Waals surface area contributed by atoms with Crippen LogP contribution in [0.1, 0.15) is 60.3 Å². The number of nitrogens with one attached hydrogen (secondary N) is 1. The van der Waals surface area contributed by atoms with Crippen LogP contribution in [0.2, 0.25) is 0 Å². The van der Waals surface area contributed by atoms with Gasteiger partial charge in [0, 0.05) is 17.3 Å². The van der Waals surface area contributed by atoms with Gasteiger partial charge < -0.3 is 5.32 Å². The zero-order valence-electron chi connectivity index (χ0n) is 12.6. The Balaban J connectivity index is 2.55. The molecule has 0 aromatic carbocycles. The summed E-state index contributed by atoms with van der Waals surface area (Å²) in [5, 5.41) is 3.85. The normalized spacial score (nSPS) is 27.2. The van der Waals surface area contributed by atoms with Gasteiger partial charge in [-0.3, -0.25) is 0 Å². The van der Waals surface area contributed by atoms with Crippen molar-refractivity contribution in [2.75, 3.05) is 12.8 Å². The second-order valence-electron chi connectivity index (χ2n) is 7.21. The highest BCUT2D eigenvalue weighted by molar-refractivity contribution is 7.99. The SMILES string of the molecule is CSC(C)(C)CNC1CCCCC1C(C)(C)C. The molecule has 0 aromatic rings. The minimum atomic E-state index is 0.361. The molecule has 0 heterocycles. The fourth-order valence-corrected chi connectivity index (χ4v) is 3.09. The van der Waals surface area contributed by atoms with E-state index >= 15 is 0 Å². The van der Waals surface area contributed by atoms with E-state index in [-0.39, 0.29) is 0 Å². The van der Waals surface area contributed by atoms with Crippen LogP contribution in [0, 0.1) is 11.3 Å². The molecule has 2 unspecified atom stereocenters. The summed E-state index contributed by atoms with van der Waals surface area (Å²) in [7, 11) is 0. The lowest BCUT2D eigenvalue weighted by Gasteiger charge is -2.42. The second-order valence-corrected chi connectivity index (χ2v) is 8.72. The molecule has 0 amide bonds. The molecule has 17 heavy (non-hydrogen) atoms. The molecule has 102 valence electrons. The maximum atomic E-state index is 3.85. The molecule has 1 nitrogen and oxygen atoms in total. The van der Waals surface area contributed by atoms with Gasteiger partial charge in [0.1, 0.15) is 0 Å². The van der Waals surface area contributed by atoms with Gasteiger partial charge in [0.2, 0.25) is 0 Å². The molecule has 1 fully saturated rings. The maximum Gasteiger partial charge on any atom is 0.0225 e. The molecule has 2 heteroatoms. The maximum absolute atomic E-state index is 3.85. The Morgan fingerprint density at radius 3 is 2.18 bits per heavy atom. The predicted octanol–water partition coefficient (Wildman–Crippen LogP) is 4.32. The molecular formula is C15H31NS. The van der Waals surface area contributed by atoms with Gasteiger partial charge in [-0.05, 0) is 44.3 Å². The highest BCUT2D eigenvalue weighted by Crippen LogP contribution is 2.38. The van der Waals surface area contributed by atoms with E-state index < -0.39 is 0 Å². The molecule has 0 aliphatic heterocycles. The third-order valence-corrected chi connectivity index (χ3v) is 5.47. The fourth-order valence-electron chi connectivity index (χ4n) is 2.86. The van der Waals surface area contributed by atoms with E-state index in [4.69, 9.17) is 0 Å². The topological polar surface area (TPSA) is 12.0 Å². The summed E-state index contributed by atoms with van der Waals surface area (Å²) in [5.74, 6) is 0.842. The van der Waals surface area contributed by atoms with Gasteiger partial charge in [-0.2, -0.15) is 11.8 Å². The van der Waals surface area contributed by atoms with Crippen LogP contribution >= 0.6 is 11.8 Å². The van der Waals surface area contributed by atoms with Gasteiger partial charge >= 0.3 is 0 Å². The van der Waals surface area contributed by atoms with Crippen molar-refractivity contribution in [2.45, 2.75) is 71.1 Å². The first-order chi connectivity index (χ1) is 7.76. The standard InChI is InChI=1S/C15H31NS/c1-14(2,3)12-9-7-8-10-13(12)16-11-15(4,5)17-6/h12-13,16H,7-11H2,1-6H3. The Kier molecular flexibility index (Phi) is 5.39. The third-order valence-electron chi connectivity index (χ3n) is 4.22. The summed E-state index contributed by atoms with van der Waals surface area (Å²) in [4.78, 5) is 0. The van der Waals surface area contributed by atoms with E-state index in [1.165, 1.54) is 25.7 Å². The zero-order valence-corrected chi connectivity index (χ0v) is 13.4. The molecule has 0 bridgehead atoms. The molecule has 1 aliphatic carbocycles. The van der Waals surface area contributed by atoms with E-state index in [9.17, 15) is 0 Å². The number of rotatable bonds is 4. The Labute approximate surface area is 113 Å². The van der Waals surface area contributed by atoms with Crippen LogP contribution in [0.4, 0.5) is 0 Å². The van der Waals surface area contributed by atoms with Crippen molar-refractivity contribution >= 4 is 11.8 Å². The van der Waals surface area contributed by atoms with Crippen molar-refractivity contribution < 1.29 is 0 Å². The Hall–Kier alpha value is 0.310. The third kappa shape index (κ3) is 4.82. The summed E-state index contributed by atoms with van der Waals surface area (Å²) in [6, 6.07) is 0.732. The molecule has 2 atom stereocenters. The smallest absolute Gasteiger partial charge is 0.0225 e. The first-order valence-corrected chi connectivity index (χ1v) is 8.27. The lowest BCUT2D eigenvalue weighted by atomic mass is 9.69. The summed E-state index contributed by atoms with van der Waals surface area (Å²) >= 11 is 1.96. The fraction of sp³-hybridized carbons (Fsp3) is 1.00. The molecule has 1 N–H and O–H groups in total. The van der Waals surface area contributed by atoms with Crippen molar-refractivity contribution in [1.82, 2.24) is 5.32 Å². The van der Waals surface area contributed by atoms with Gasteiger partial charge in [-0.15, -0.1) is 0 Å². The highest BCUT2D eigenvalue weighted by Gasteiger charge is 2.34. The van der Waals surface area contributed by atoms with Gasteiger partial charge in [0.15, 0.2) is 0 Å². The molecule has 0 aromatic heterocycles. The molecule has 0 saturated heterocycles. The van der Waals surface area contributed by atoms with Gasteiger partial charge in [0.25, 0.3) is 0 Å². The van der Waals surface area contributed by atoms with E-state index in [1.54, 1.807) is 0 Å². The number of hydrogen-bond donors (Lipinski definition) is 1. The minimum absolute atomic E-state index is 0.361. The van der Waals surface area contributed by atoms with Gasteiger partial charge in [-0.1, -0.05) is 33.6 Å². The summed E-state index contributed by atoms with van der Waals surface area (Å²) in [6.07, 6.45) is 7.81. The van der Waals surface area contributed by atoms with Crippen molar-refractivity contribution in [3.8, 4) is 0 Å². The summed E-state index contributed by atoms with van der Waals surface area (Å²) < 4.78 is 0.361. The molecule has 1 aliphatic rings. The molecule has 1 saturated carbocycles. The lowest BCUT2D eigenvalue weighted by molar-refractivity contribution is 0.130. The molecule has 0 radical (unpaired) electrons. The summed E-state index contributed by atoms with van der Waals surface area (Å²) in [6.45, 7) is 13.0. The second kappa shape index (κ2) is 5.97. The van der Waals surface area contributed by atoms with E-state index in [1.807, 2.05) is 11.8 Å². The van der Waals surface area contributed by atoms with Crippen molar-refractivity contribution in [3.05, 3.63) is 0 Å². The Morgan fingerprint density at radius 2 is 1.65 bits per heavy atom. The predicted molar refractivity (Wildman–Crippen MR) is 80.8 cm³/mol. The van der Waals surface area contributed by atoms with E-state index in [0.717, 1.165) is 18.5 Å². The average Bonchev–Trinajstić information content (AvgIpc) is 2.26. The molecular weight excluding hydrogens is 226 g/mol. The van der Waals surface area contributed by atoms with Crippen LogP contribution in [-0.2, 0) is 0 Å². The first kappa shape index (κ1) is 15.4. The lowest BCUT2D eigenvalue weighted by Crippen LogP contribution is -2.47. The summed E-state index contributed by atoms with van der Waals surface area (Å²) in [5.41, 5.74) is 0.446.